The van der Waals surface area contributed by atoms with E-state index in [1.807, 2.05) is 30.3 Å². The minimum Gasteiger partial charge on any atom is -0.457 e. The molecular weight excluding hydrogens is 278 g/mol. The molecule has 0 aliphatic carbocycles. The van der Waals surface area contributed by atoms with Crippen molar-refractivity contribution in [1.29, 1.82) is 5.26 Å². The second-order valence-electron chi connectivity index (χ2n) is 3.52. The fraction of sp³-hybridized carbons (Fsp3) is 0.0714. The quantitative estimate of drug-likeness (QED) is 0.791. The first kappa shape index (κ1) is 11.7. The van der Waals surface area contributed by atoms with Crippen LogP contribution in [0.2, 0.25) is 0 Å². The van der Waals surface area contributed by atoms with Gasteiger partial charge in [-0.1, -0.05) is 34.1 Å². The molecule has 0 amide bonds. The zero-order valence-electron chi connectivity index (χ0n) is 9.06. The monoisotopic (exact) mass is 287 g/mol. The summed E-state index contributed by atoms with van der Waals surface area (Å²) < 4.78 is 5.65. The summed E-state index contributed by atoms with van der Waals surface area (Å²) in [6, 6.07) is 17.0. The molecule has 0 saturated heterocycles. The minimum atomic E-state index is 0.597. The Hall–Kier alpha value is -1.79. The van der Waals surface area contributed by atoms with Crippen molar-refractivity contribution >= 4 is 15.9 Å². The normalized spacial score (nSPS) is 9.65. The molecule has 3 heteroatoms. The number of alkyl halides is 1. The van der Waals surface area contributed by atoms with Crippen LogP contribution in [0, 0.1) is 11.3 Å². The zero-order valence-corrected chi connectivity index (χ0v) is 10.6. The van der Waals surface area contributed by atoms with Crippen molar-refractivity contribution < 1.29 is 4.74 Å². The van der Waals surface area contributed by atoms with Gasteiger partial charge in [0.05, 0.1) is 11.6 Å². The van der Waals surface area contributed by atoms with E-state index in [4.69, 9.17) is 10.00 Å². The van der Waals surface area contributed by atoms with Gasteiger partial charge in [0.1, 0.15) is 11.5 Å². The van der Waals surface area contributed by atoms with Crippen LogP contribution in [0.25, 0.3) is 0 Å². The maximum absolute atomic E-state index is 8.79. The summed E-state index contributed by atoms with van der Waals surface area (Å²) in [6.07, 6.45) is 0. The number of halogens is 1. The fourth-order valence-electron chi connectivity index (χ4n) is 1.41. The summed E-state index contributed by atoms with van der Waals surface area (Å²) >= 11 is 3.39. The summed E-state index contributed by atoms with van der Waals surface area (Å²) in [4.78, 5) is 0. The van der Waals surface area contributed by atoms with Gasteiger partial charge < -0.3 is 4.74 Å². The first-order valence-corrected chi connectivity index (χ1v) is 6.27. The molecule has 0 heterocycles. The lowest BCUT2D eigenvalue weighted by atomic mass is 10.2. The molecule has 0 radical (unpaired) electrons. The lowest BCUT2D eigenvalue weighted by Crippen LogP contribution is -1.85. The predicted octanol–water partition coefficient (Wildman–Crippen LogP) is 4.25. The number of nitrogens with zero attached hydrogens (tertiary/aromatic N) is 1. The summed E-state index contributed by atoms with van der Waals surface area (Å²) in [7, 11) is 0. The van der Waals surface area contributed by atoms with Crippen LogP contribution in [0.1, 0.15) is 11.1 Å². The van der Waals surface area contributed by atoms with Crippen molar-refractivity contribution in [3.63, 3.8) is 0 Å². The van der Waals surface area contributed by atoms with Crippen LogP contribution in [0.5, 0.6) is 11.5 Å². The minimum absolute atomic E-state index is 0.597. The molecule has 84 valence electrons. The molecule has 0 N–H and O–H groups in total. The van der Waals surface area contributed by atoms with Crippen molar-refractivity contribution in [2.24, 2.45) is 0 Å². The van der Waals surface area contributed by atoms with Crippen molar-refractivity contribution in [1.82, 2.24) is 0 Å². The predicted molar refractivity (Wildman–Crippen MR) is 70.3 cm³/mol. The third-order valence-electron chi connectivity index (χ3n) is 2.28. The molecule has 17 heavy (non-hydrogen) atoms. The highest BCUT2D eigenvalue weighted by molar-refractivity contribution is 9.08. The van der Waals surface area contributed by atoms with E-state index >= 15 is 0 Å². The van der Waals surface area contributed by atoms with Gasteiger partial charge in [-0.05, 0) is 35.9 Å². The molecule has 0 saturated carbocycles. The Morgan fingerprint density at radius 3 is 2.47 bits per heavy atom. The van der Waals surface area contributed by atoms with Gasteiger partial charge in [-0.2, -0.15) is 5.26 Å². The van der Waals surface area contributed by atoms with E-state index in [-0.39, 0.29) is 0 Å². The topological polar surface area (TPSA) is 33.0 Å². The van der Waals surface area contributed by atoms with Crippen molar-refractivity contribution in [3.8, 4) is 17.6 Å². The first-order chi connectivity index (χ1) is 8.31. The molecule has 2 aromatic rings. The Labute approximate surface area is 109 Å². The number of hydrogen-bond acceptors (Lipinski definition) is 2. The standard InChI is InChI=1S/C14H10BrNO/c15-9-11-4-6-13(7-5-11)17-14-3-1-2-12(8-14)10-16/h1-8H,9H2. The maximum atomic E-state index is 8.79. The van der Waals surface area contributed by atoms with Crippen molar-refractivity contribution in [2.45, 2.75) is 5.33 Å². The van der Waals surface area contributed by atoms with Crippen molar-refractivity contribution in [2.75, 3.05) is 0 Å². The van der Waals surface area contributed by atoms with Gasteiger partial charge in [0, 0.05) is 5.33 Å². The molecule has 0 aromatic heterocycles. The summed E-state index contributed by atoms with van der Waals surface area (Å²) in [5.74, 6) is 1.44. The van der Waals surface area contributed by atoms with Crippen molar-refractivity contribution in [3.05, 3.63) is 59.7 Å². The first-order valence-electron chi connectivity index (χ1n) is 5.15. The molecule has 2 aromatic carbocycles. The molecule has 0 aliphatic heterocycles. The van der Waals surface area contributed by atoms with Gasteiger partial charge in [0.2, 0.25) is 0 Å². The highest BCUT2D eigenvalue weighted by atomic mass is 79.9. The molecule has 2 nitrogen and oxygen atoms in total. The molecular formula is C14H10BrNO. The van der Waals surface area contributed by atoms with Gasteiger partial charge in [-0.15, -0.1) is 0 Å². The van der Waals surface area contributed by atoms with E-state index in [1.54, 1.807) is 18.2 Å². The molecule has 0 atom stereocenters. The molecule has 0 bridgehead atoms. The van der Waals surface area contributed by atoms with Gasteiger partial charge in [0.15, 0.2) is 0 Å². The third kappa shape index (κ3) is 3.08. The fourth-order valence-corrected chi connectivity index (χ4v) is 1.79. The summed E-state index contributed by atoms with van der Waals surface area (Å²) in [5, 5.41) is 9.62. The van der Waals surface area contributed by atoms with E-state index in [0.717, 1.165) is 11.1 Å². The highest BCUT2D eigenvalue weighted by Gasteiger charge is 1.99. The Bertz CT molecular complexity index is 543. The maximum Gasteiger partial charge on any atom is 0.128 e. The van der Waals surface area contributed by atoms with Gasteiger partial charge in [0.25, 0.3) is 0 Å². The van der Waals surface area contributed by atoms with E-state index < -0.39 is 0 Å². The van der Waals surface area contributed by atoms with E-state index in [2.05, 4.69) is 22.0 Å². The lowest BCUT2D eigenvalue weighted by Gasteiger charge is -2.06. The Morgan fingerprint density at radius 2 is 1.82 bits per heavy atom. The van der Waals surface area contributed by atoms with Crippen LogP contribution in [0.4, 0.5) is 0 Å². The van der Waals surface area contributed by atoms with Crippen LogP contribution in [-0.4, -0.2) is 0 Å². The summed E-state index contributed by atoms with van der Waals surface area (Å²) in [5.41, 5.74) is 1.79. The Kier molecular flexibility index (Phi) is 3.79. The number of benzene rings is 2. The van der Waals surface area contributed by atoms with E-state index in [0.29, 0.717) is 11.3 Å². The third-order valence-corrected chi connectivity index (χ3v) is 2.92. The summed E-state index contributed by atoms with van der Waals surface area (Å²) in [6.45, 7) is 0. The van der Waals surface area contributed by atoms with Gasteiger partial charge >= 0.3 is 0 Å². The molecule has 0 unspecified atom stereocenters. The largest absolute Gasteiger partial charge is 0.457 e. The Morgan fingerprint density at radius 1 is 1.06 bits per heavy atom. The number of nitriles is 1. The van der Waals surface area contributed by atoms with E-state index in [9.17, 15) is 0 Å². The molecule has 0 aliphatic rings. The Balaban J connectivity index is 2.16. The highest BCUT2D eigenvalue weighted by Crippen LogP contribution is 2.22. The second-order valence-corrected chi connectivity index (χ2v) is 4.08. The lowest BCUT2D eigenvalue weighted by molar-refractivity contribution is 0.482. The number of ether oxygens (including phenoxy) is 1. The van der Waals surface area contributed by atoms with Crippen LogP contribution in [0.3, 0.4) is 0 Å². The number of hydrogen-bond donors (Lipinski definition) is 0. The second kappa shape index (κ2) is 5.51. The van der Waals surface area contributed by atoms with Crippen LogP contribution < -0.4 is 4.74 Å². The van der Waals surface area contributed by atoms with Crippen LogP contribution in [0.15, 0.2) is 48.5 Å². The van der Waals surface area contributed by atoms with Crippen LogP contribution >= 0.6 is 15.9 Å². The zero-order chi connectivity index (χ0) is 12.1. The van der Waals surface area contributed by atoms with Gasteiger partial charge in [-0.25, -0.2) is 0 Å². The molecule has 0 fully saturated rings. The SMILES string of the molecule is N#Cc1cccc(Oc2ccc(CBr)cc2)c1. The number of rotatable bonds is 3. The van der Waals surface area contributed by atoms with Crippen LogP contribution in [-0.2, 0) is 5.33 Å². The van der Waals surface area contributed by atoms with E-state index in [1.165, 1.54) is 5.56 Å². The average Bonchev–Trinajstić information content (AvgIpc) is 2.40. The average molecular weight is 288 g/mol. The smallest absolute Gasteiger partial charge is 0.128 e. The molecule has 2 rings (SSSR count). The van der Waals surface area contributed by atoms with Gasteiger partial charge in [-0.3, -0.25) is 0 Å². The molecule has 0 spiro atoms.